The summed E-state index contributed by atoms with van der Waals surface area (Å²) in [5, 5.41) is 0. The number of rotatable bonds is 7. The van der Waals surface area contributed by atoms with E-state index in [1.54, 1.807) is 0 Å². The number of nitrogens with zero attached hydrogens (tertiary/aromatic N) is 5. The van der Waals surface area contributed by atoms with Crippen molar-refractivity contribution < 1.29 is 31.1 Å². The van der Waals surface area contributed by atoms with E-state index in [0.29, 0.717) is 37.4 Å². The van der Waals surface area contributed by atoms with E-state index in [1.807, 2.05) is 30.3 Å². The number of piperidine rings is 2. The Morgan fingerprint density at radius 3 is 1.88 bits per heavy atom. The number of halogens is 6. The molecular weight excluding hydrogens is 632 g/mol. The minimum atomic E-state index is -5.02. The number of benzene rings is 2. The van der Waals surface area contributed by atoms with Crippen molar-refractivity contribution in [3.63, 3.8) is 0 Å². The van der Waals surface area contributed by atoms with Crippen LogP contribution < -0.4 is 0 Å². The molecule has 3 aromatic rings. The van der Waals surface area contributed by atoms with Crippen molar-refractivity contribution >= 4 is 5.91 Å². The van der Waals surface area contributed by atoms with Gasteiger partial charge in [-0.2, -0.15) is 26.3 Å². The van der Waals surface area contributed by atoms with Gasteiger partial charge in [0.25, 0.3) is 5.91 Å². The first kappa shape index (κ1) is 34.5. The van der Waals surface area contributed by atoms with E-state index < -0.39 is 35.0 Å². The number of alkyl halides is 6. The number of aryl methyl sites for hydroxylation is 1. The van der Waals surface area contributed by atoms with Crippen molar-refractivity contribution in [1.82, 2.24) is 24.2 Å². The van der Waals surface area contributed by atoms with Crippen LogP contribution in [-0.2, 0) is 32.4 Å². The van der Waals surface area contributed by atoms with Crippen molar-refractivity contribution in [3.8, 4) is 0 Å². The van der Waals surface area contributed by atoms with Crippen LogP contribution in [0, 0.1) is 0 Å². The van der Waals surface area contributed by atoms with Crippen molar-refractivity contribution in [3.05, 3.63) is 94.8 Å². The fourth-order valence-electron chi connectivity index (χ4n) is 7.75. The van der Waals surface area contributed by atoms with Gasteiger partial charge in [-0.15, -0.1) is 0 Å². The smallest absolute Gasteiger partial charge is 0.353 e. The van der Waals surface area contributed by atoms with Gasteiger partial charge < -0.3 is 9.47 Å². The highest BCUT2D eigenvalue weighted by Gasteiger charge is 2.40. The number of likely N-dealkylation sites (tertiary alicyclic amines) is 2. The lowest BCUT2D eigenvalue weighted by molar-refractivity contribution is -0.143. The Morgan fingerprint density at radius 1 is 0.729 bits per heavy atom. The van der Waals surface area contributed by atoms with Crippen LogP contribution in [0.2, 0.25) is 0 Å². The zero-order chi connectivity index (χ0) is 34.1. The van der Waals surface area contributed by atoms with Crippen LogP contribution in [0.4, 0.5) is 26.3 Å². The topological polar surface area (TPSA) is 35.0 Å². The Morgan fingerprint density at radius 2 is 1.31 bits per heavy atom. The summed E-state index contributed by atoms with van der Waals surface area (Å²) < 4.78 is 83.8. The molecule has 3 aliphatic heterocycles. The molecule has 0 bridgehead atoms. The lowest BCUT2D eigenvalue weighted by Crippen LogP contribution is -2.58. The molecule has 2 unspecified atom stereocenters. The fraction of sp³-hybridized carbons (Fsp3) is 0.528. The van der Waals surface area contributed by atoms with Gasteiger partial charge in [0.1, 0.15) is 0 Å². The molecule has 0 saturated carbocycles. The predicted octanol–water partition coefficient (Wildman–Crippen LogP) is 6.56. The van der Waals surface area contributed by atoms with Gasteiger partial charge in [-0.25, -0.2) is 0 Å². The van der Waals surface area contributed by atoms with E-state index in [0.717, 1.165) is 64.2 Å². The van der Waals surface area contributed by atoms with Gasteiger partial charge in [0, 0.05) is 95.0 Å². The summed E-state index contributed by atoms with van der Waals surface area (Å²) in [5.74, 6) is -0.797. The number of amides is 1. The van der Waals surface area contributed by atoms with Gasteiger partial charge in [0.15, 0.2) is 0 Å². The average Bonchev–Trinajstić information content (AvgIpc) is 3.48. The van der Waals surface area contributed by atoms with Gasteiger partial charge in [-0.05, 0) is 68.0 Å². The molecule has 2 atom stereocenters. The lowest BCUT2D eigenvalue weighted by Gasteiger charge is -2.48. The van der Waals surface area contributed by atoms with Gasteiger partial charge >= 0.3 is 12.4 Å². The molecule has 1 amide bonds. The molecule has 3 aliphatic rings. The number of hydrogen-bond donors (Lipinski definition) is 0. The first-order valence-electron chi connectivity index (χ1n) is 16.8. The lowest BCUT2D eigenvalue weighted by atomic mass is 9.90. The van der Waals surface area contributed by atoms with Crippen LogP contribution in [0.5, 0.6) is 0 Å². The molecule has 12 heteroatoms. The third-order valence-electron chi connectivity index (χ3n) is 10.5. The van der Waals surface area contributed by atoms with Crippen molar-refractivity contribution in [2.75, 3.05) is 45.8 Å². The molecule has 0 aliphatic carbocycles. The van der Waals surface area contributed by atoms with Crippen molar-refractivity contribution in [2.24, 2.45) is 7.05 Å². The summed E-state index contributed by atoms with van der Waals surface area (Å²) in [6, 6.07) is 15.3. The standard InChI is InChI=1S/C36H43F6N5O/c1-43-12-5-8-32(43)25-44-13-9-30(10-14-44)45-16-18-46(19-17-45)31-11-15-47(33(24-31)20-26-6-3-2-4-7-26)34(48)27-21-28(35(37,38)39)23-29(22-27)36(40,41)42/h2-8,12,21-23,30-31,33H,9-11,13-20,24-25H2,1H3. The highest BCUT2D eigenvalue weighted by Crippen LogP contribution is 2.37. The molecule has 2 aromatic carbocycles. The van der Waals surface area contributed by atoms with Crippen LogP contribution in [0.3, 0.4) is 0 Å². The van der Waals surface area contributed by atoms with Gasteiger partial charge in [0.2, 0.25) is 0 Å². The fourth-order valence-corrected chi connectivity index (χ4v) is 7.75. The maximum Gasteiger partial charge on any atom is 0.416 e. The Balaban J connectivity index is 1.11. The van der Waals surface area contributed by atoms with E-state index in [9.17, 15) is 31.1 Å². The van der Waals surface area contributed by atoms with Gasteiger partial charge in [-0.3, -0.25) is 19.5 Å². The second-order valence-electron chi connectivity index (χ2n) is 13.5. The Labute approximate surface area is 277 Å². The van der Waals surface area contributed by atoms with Gasteiger partial charge in [0.05, 0.1) is 11.1 Å². The molecule has 260 valence electrons. The number of carbonyl (C=O) groups is 1. The van der Waals surface area contributed by atoms with Crippen molar-refractivity contribution in [1.29, 1.82) is 0 Å². The van der Waals surface area contributed by atoms with E-state index in [1.165, 1.54) is 10.6 Å². The molecule has 3 saturated heterocycles. The molecule has 0 spiro atoms. The molecule has 6 rings (SSSR count). The molecule has 4 heterocycles. The number of aromatic nitrogens is 1. The first-order chi connectivity index (χ1) is 22.8. The third-order valence-corrected chi connectivity index (χ3v) is 10.5. The molecule has 48 heavy (non-hydrogen) atoms. The maximum atomic E-state index is 13.8. The second kappa shape index (κ2) is 14.2. The maximum absolute atomic E-state index is 13.8. The summed E-state index contributed by atoms with van der Waals surface area (Å²) in [4.78, 5) is 22.8. The monoisotopic (exact) mass is 675 g/mol. The Bertz CT molecular complexity index is 1490. The highest BCUT2D eigenvalue weighted by molar-refractivity contribution is 5.95. The Hall–Kier alpha value is -3.35. The number of piperazine rings is 1. The van der Waals surface area contributed by atoms with Crippen molar-refractivity contribution in [2.45, 2.75) is 69.1 Å². The first-order valence-corrected chi connectivity index (χ1v) is 16.8. The normalized spacial score (nSPS) is 22.7. The predicted molar refractivity (Wildman–Crippen MR) is 171 cm³/mol. The molecule has 0 radical (unpaired) electrons. The summed E-state index contributed by atoms with van der Waals surface area (Å²) in [6.45, 7) is 7.06. The Kier molecular flexibility index (Phi) is 10.2. The average molecular weight is 676 g/mol. The minimum Gasteiger partial charge on any atom is -0.353 e. The van der Waals surface area contributed by atoms with E-state index >= 15 is 0 Å². The van der Waals surface area contributed by atoms with Crippen LogP contribution in [0.15, 0.2) is 66.9 Å². The molecule has 0 N–H and O–H groups in total. The molecule has 6 nitrogen and oxygen atoms in total. The summed E-state index contributed by atoms with van der Waals surface area (Å²) in [7, 11) is 2.08. The van der Waals surface area contributed by atoms with E-state index in [2.05, 4.69) is 44.6 Å². The quantitative estimate of drug-likeness (QED) is 0.266. The number of carbonyl (C=O) groups excluding carboxylic acids is 1. The summed E-state index contributed by atoms with van der Waals surface area (Å²) in [6.07, 6.45) is -4.01. The number of hydrogen-bond acceptors (Lipinski definition) is 4. The summed E-state index contributed by atoms with van der Waals surface area (Å²) in [5.41, 5.74) is -1.26. The zero-order valence-corrected chi connectivity index (χ0v) is 27.2. The second-order valence-corrected chi connectivity index (χ2v) is 13.5. The zero-order valence-electron chi connectivity index (χ0n) is 27.2. The minimum absolute atomic E-state index is 0.0676. The molecule has 3 fully saturated rings. The molecule has 1 aromatic heterocycles. The van der Waals surface area contributed by atoms with Crippen LogP contribution in [0.1, 0.15) is 58.4 Å². The van der Waals surface area contributed by atoms with E-state index in [-0.39, 0.29) is 24.7 Å². The van der Waals surface area contributed by atoms with E-state index in [4.69, 9.17) is 0 Å². The SMILES string of the molecule is Cn1cccc1CN1CCC(N2CCN(C3CCN(C(=O)c4cc(C(F)(F)F)cc(C(F)(F)F)c4)C(Cc4ccccc4)C3)CC2)CC1. The summed E-state index contributed by atoms with van der Waals surface area (Å²) >= 11 is 0. The molecular formula is C36H43F6N5O. The van der Waals surface area contributed by atoms with Gasteiger partial charge in [-0.1, -0.05) is 30.3 Å². The van der Waals surface area contributed by atoms with Crippen LogP contribution in [-0.4, -0.2) is 94.0 Å². The third kappa shape index (κ3) is 8.09. The van der Waals surface area contributed by atoms with Crippen LogP contribution in [0.25, 0.3) is 0 Å². The van der Waals surface area contributed by atoms with Crippen LogP contribution >= 0.6 is 0 Å². The highest BCUT2D eigenvalue weighted by atomic mass is 19.4. The largest absolute Gasteiger partial charge is 0.416 e.